The lowest BCUT2D eigenvalue weighted by Gasteiger charge is -2.08. The van der Waals surface area contributed by atoms with Crippen molar-refractivity contribution in [1.82, 2.24) is 0 Å². The van der Waals surface area contributed by atoms with Crippen molar-refractivity contribution in [2.45, 2.75) is 4.90 Å². The van der Waals surface area contributed by atoms with Crippen LogP contribution in [0.25, 0.3) is 0 Å². The molecule has 2 rings (SSSR count). The maximum atomic E-state index is 11.8. The fourth-order valence-corrected chi connectivity index (χ4v) is 2.28. The Labute approximate surface area is 143 Å². The number of benzene rings is 2. The van der Waals surface area contributed by atoms with Gasteiger partial charge in [-0.25, -0.2) is 4.79 Å². The number of nitrogens with two attached hydrogens (primary N) is 1. The van der Waals surface area contributed by atoms with Gasteiger partial charge in [0.15, 0.2) is 6.61 Å². The highest BCUT2D eigenvalue weighted by molar-refractivity contribution is 7.98. The first-order chi connectivity index (χ1) is 11.0. The van der Waals surface area contributed by atoms with E-state index >= 15 is 0 Å². The summed E-state index contributed by atoms with van der Waals surface area (Å²) >= 11 is 7.39. The predicted octanol–water partition coefficient (Wildman–Crippen LogP) is 3.44. The average molecular weight is 351 g/mol. The fraction of sp³-hybridized carbons (Fsp3) is 0.125. The lowest BCUT2D eigenvalue weighted by molar-refractivity contribution is -0.119. The lowest BCUT2D eigenvalue weighted by atomic mass is 10.2. The second-order valence-corrected chi connectivity index (χ2v) is 5.88. The van der Waals surface area contributed by atoms with Crippen LogP contribution in [0.5, 0.6) is 0 Å². The van der Waals surface area contributed by atoms with E-state index in [-0.39, 0.29) is 17.9 Å². The number of esters is 1. The van der Waals surface area contributed by atoms with Gasteiger partial charge in [0.25, 0.3) is 5.91 Å². The number of amides is 1. The number of anilines is 2. The van der Waals surface area contributed by atoms with E-state index in [9.17, 15) is 9.59 Å². The van der Waals surface area contributed by atoms with Crippen molar-refractivity contribution in [3.8, 4) is 0 Å². The normalized spacial score (nSPS) is 10.2. The molecular formula is C16H15ClN2O3S. The van der Waals surface area contributed by atoms with Crippen LogP contribution in [0.15, 0.2) is 47.4 Å². The molecule has 5 nitrogen and oxygen atoms in total. The molecule has 1 amide bonds. The molecule has 0 bridgehead atoms. The Morgan fingerprint density at radius 1 is 1.22 bits per heavy atom. The summed E-state index contributed by atoms with van der Waals surface area (Å²) in [6.45, 7) is -0.383. The third-order valence-electron chi connectivity index (χ3n) is 2.94. The van der Waals surface area contributed by atoms with Gasteiger partial charge in [-0.1, -0.05) is 11.6 Å². The fourth-order valence-electron chi connectivity index (χ4n) is 1.76. The molecule has 0 saturated heterocycles. The summed E-state index contributed by atoms with van der Waals surface area (Å²) in [5.41, 5.74) is 6.78. The molecule has 0 aliphatic carbocycles. The molecule has 3 N–H and O–H groups in total. The van der Waals surface area contributed by atoms with Crippen LogP contribution in [0.3, 0.4) is 0 Å². The Bertz CT molecular complexity index is 720. The number of hydrogen-bond donors (Lipinski definition) is 2. The van der Waals surface area contributed by atoms with E-state index in [0.29, 0.717) is 10.7 Å². The van der Waals surface area contributed by atoms with Crippen LogP contribution in [0.2, 0.25) is 5.02 Å². The van der Waals surface area contributed by atoms with Crippen molar-refractivity contribution in [2.24, 2.45) is 0 Å². The number of hydrogen-bond acceptors (Lipinski definition) is 5. The second-order valence-electron chi connectivity index (χ2n) is 4.59. The number of rotatable bonds is 5. The van der Waals surface area contributed by atoms with Crippen molar-refractivity contribution >= 4 is 46.6 Å². The van der Waals surface area contributed by atoms with E-state index in [0.717, 1.165) is 4.90 Å². The van der Waals surface area contributed by atoms with Crippen LogP contribution in [-0.2, 0) is 9.53 Å². The number of nitrogens with one attached hydrogen (secondary N) is 1. The maximum Gasteiger partial charge on any atom is 0.338 e. The number of ether oxygens (including phenoxy) is 1. The standard InChI is InChI=1S/C16H15ClN2O3S/c1-23-12-5-3-11(4-6-12)19-15(20)9-22-16(21)10-2-7-13(17)14(18)8-10/h2-8H,9,18H2,1H3,(H,19,20). The largest absolute Gasteiger partial charge is 0.452 e. The summed E-state index contributed by atoms with van der Waals surface area (Å²) in [6.07, 6.45) is 1.97. The van der Waals surface area contributed by atoms with Gasteiger partial charge < -0.3 is 15.8 Å². The van der Waals surface area contributed by atoms with Gasteiger partial charge in [0.2, 0.25) is 0 Å². The van der Waals surface area contributed by atoms with Crippen LogP contribution in [0, 0.1) is 0 Å². The summed E-state index contributed by atoms with van der Waals surface area (Å²) in [5.74, 6) is -1.06. The van der Waals surface area contributed by atoms with Gasteiger partial charge in [-0.2, -0.15) is 0 Å². The van der Waals surface area contributed by atoms with Crippen molar-refractivity contribution in [3.63, 3.8) is 0 Å². The van der Waals surface area contributed by atoms with Crippen LogP contribution in [-0.4, -0.2) is 24.7 Å². The number of carbonyl (C=O) groups excluding carboxylic acids is 2. The molecule has 7 heteroatoms. The number of thioether (sulfide) groups is 1. The van der Waals surface area contributed by atoms with Crippen molar-refractivity contribution in [3.05, 3.63) is 53.1 Å². The summed E-state index contributed by atoms with van der Waals surface area (Å²) in [4.78, 5) is 24.7. The Hall–Kier alpha value is -2.18. The van der Waals surface area contributed by atoms with Gasteiger partial charge in [0, 0.05) is 10.6 Å². The molecule has 0 aromatic heterocycles. The molecule has 0 saturated carbocycles. The van der Waals surface area contributed by atoms with E-state index in [1.807, 2.05) is 18.4 Å². The van der Waals surface area contributed by atoms with Crippen LogP contribution in [0.1, 0.15) is 10.4 Å². The first-order valence-corrected chi connectivity index (χ1v) is 8.26. The van der Waals surface area contributed by atoms with E-state index in [4.69, 9.17) is 22.1 Å². The highest BCUT2D eigenvalue weighted by Crippen LogP contribution is 2.20. The average Bonchev–Trinajstić information content (AvgIpc) is 2.56. The molecule has 0 aliphatic heterocycles. The minimum absolute atomic E-state index is 0.240. The molecule has 23 heavy (non-hydrogen) atoms. The third kappa shape index (κ3) is 4.91. The zero-order valence-corrected chi connectivity index (χ0v) is 13.9. The molecular weight excluding hydrogens is 336 g/mol. The maximum absolute atomic E-state index is 11.8. The monoisotopic (exact) mass is 350 g/mol. The minimum atomic E-state index is -0.638. The van der Waals surface area contributed by atoms with E-state index in [2.05, 4.69) is 5.32 Å². The van der Waals surface area contributed by atoms with Gasteiger partial charge in [-0.05, 0) is 48.7 Å². The highest BCUT2D eigenvalue weighted by Gasteiger charge is 2.11. The molecule has 2 aromatic carbocycles. The van der Waals surface area contributed by atoms with Gasteiger partial charge in [-0.3, -0.25) is 4.79 Å². The van der Waals surface area contributed by atoms with Gasteiger partial charge in [0.1, 0.15) is 0 Å². The predicted molar refractivity (Wildman–Crippen MR) is 93.0 cm³/mol. The van der Waals surface area contributed by atoms with Gasteiger partial charge >= 0.3 is 5.97 Å². The molecule has 0 aliphatic rings. The number of carbonyl (C=O) groups is 2. The van der Waals surface area contributed by atoms with Crippen molar-refractivity contribution in [1.29, 1.82) is 0 Å². The molecule has 0 atom stereocenters. The Morgan fingerprint density at radius 3 is 2.52 bits per heavy atom. The summed E-state index contributed by atoms with van der Waals surface area (Å²) in [7, 11) is 0. The SMILES string of the molecule is CSc1ccc(NC(=O)COC(=O)c2ccc(Cl)c(N)c2)cc1. The summed E-state index contributed by atoms with van der Waals surface area (Å²) in [6, 6.07) is 11.7. The molecule has 0 radical (unpaired) electrons. The molecule has 0 spiro atoms. The van der Waals surface area contributed by atoms with Crippen LogP contribution < -0.4 is 11.1 Å². The third-order valence-corrected chi connectivity index (χ3v) is 4.03. The first kappa shape index (κ1) is 17.2. The summed E-state index contributed by atoms with van der Waals surface area (Å²) in [5, 5.41) is 3.00. The quantitative estimate of drug-likeness (QED) is 0.490. The molecule has 120 valence electrons. The topological polar surface area (TPSA) is 81.4 Å². The van der Waals surface area contributed by atoms with Crippen LogP contribution in [0.4, 0.5) is 11.4 Å². The smallest absolute Gasteiger partial charge is 0.338 e. The minimum Gasteiger partial charge on any atom is -0.452 e. The molecule has 0 fully saturated rings. The van der Waals surface area contributed by atoms with Crippen molar-refractivity contribution in [2.75, 3.05) is 23.9 Å². The second kappa shape index (κ2) is 7.89. The molecule has 0 unspecified atom stereocenters. The van der Waals surface area contributed by atoms with Crippen molar-refractivity contribution < 1.29 is 14.3 Å². The molecule has 2 aromatic rings. The number of nitrogen functional groups attached to an aromatic ring is 1. The Morgan fingerprint density at radius 2 is 1.91 bits per heavy atom. The van der Waals surface area contributed by atoms with E-state index in [1.165, 1.54) is 18.2 Å². The zero-order chi connectivity index (χ0) is 16.8. The Balaban J connectivity index is 1.87. The first-order valence-electron chi connectivity index (χ1n) is 6.65. The summed E-state index contributed by atoms with van der Waals surface area (Å²) < 4.78 is 4.95. The van der Waals surface area contributed by atoms with E-state index in [1.54, 1.807) is 23.9 Å². The highest BCUT2D eigenvalue weighted by atomic mass is 35.5. The zero-order valence-electron chi connectivity index (χ0n) is 12.3. The lowest BCUT2D eigenvalue weighted by Crippen LogP contribution is -2.20. The number of halogens is 1. The van der Waals surface area contributed by atoms with Gasteiger partial charge in [-0.15, -0.1) is 11.8 Å². The molecule has 0 heterocycles. The van der Waals surface area contributed by atoms with Gasteiger partial charge in [0.05, 0.1) is 16.3 Å². The Kier molecular flexibility index (Phi) is 5.90. The van der Waals surface area contributed by atoms with Crippen LogP contribution >= 0.6 is 23.4 Å². The van der Waals surface area contributed by atoms with E-state index < -0.39 is 11.9 Å².